The zero-order chi connectivity index (χ0) is 19.3. The molecule has 0 saturated carbocycles. The van der Waals surface area contributed by atoms with E-state index in [0.717, 1.165) is 44.8 Å². The average molecular weight is 381 g/mol. The molecular formula is C20H19N3O3S. The van der Waals surface area contributed by atoms with Gasteiger partial charge >= 0.3 is 0 Å². The van der Waals surface area contributed by atoms with Crippen LogP contribution in [-0.4, -0.2) is 29.8 Å². The first-order chi connectivity index (χ1) is 12.7. The minimum absolute atomic E-state index is 0.287. The quantitative estimate of drug-likeness (QED) is 0.574. The van der Waals surface area contributed by atoms with Crippen molar-refractivity contribution in [2.45, 2.75) is 25.7 Å². The zero-order valence-electron chi connectivity index (χ0n) is 15.5. The lowest BCUT2D eigenvalue weighted by atomic mass is 10.0. The van der Waals surface area contributed by atoms with E-state index in [2.05, 4.69) is 10.1 Å². The Kier molecular flexibility index (Phi) is 3.92. The first kappa shape index (κ1) is 17.5. The summed E-state index contributed by atoms with van der Waals surface area (Å²) in [4.78, 5) is 8.52. The molecule has 0 aliphatic carbocycles. The standard InChI is InChI=1S/C20H19N3O3S/c1-11-9-16-17(21-11)10-18(19-12(2)23-26-13(19)3)22-20(16)14-5-7-15(8-6-14)27(4,24)25/h5-10,21H,1-4H3. The fraction of sp³-hybridized carbons (Fsp3) is 0.200. The number of nitrogens with one attached hydrogen (secondary N) is 1. The molecular weight excluding hydrogens is 362 g/mol. The number of benzene rings is 1. The van der Waals surface area contributed by atoms with Gasteiger partial charge in [-0.1, -0.05) is 17.3 Å². The maximum atomic E-state index is 11.7. The van der Waals surface area contributed by atoms with Crippen molar-refractivity contribution >= 4 is 20.7 Å². The maximum Gasteiger partial charge on any atom is 0.175 e. The molecule has 0 bridgehead atoms. The fourth-order valence-electron chi connectivity index (χ4n) is 3.33. The number of sulfone groups is 1. The van der Waals surface area contributed by atoms with E-state index in [4.69, 9.17) is 9.51 Å². The highest BCUT2D eigenvalue weighted by Crippen LogP contribution is 2.34. The Labute approximate surface area is 157 Å². The lowest BCUT2D eigenvalue weighted by Gasteiger charge is -2.08. The Balaban J connectivity index is 1.97. The van der Waals surface area contributed by atoms with Crippen molar-refractivity contribution in [1.29, 1.82) is 0 Å². The van der Waals surface area contributed by atoms with Crippen molar-refractivity contribution in [2.75, 3.05) is 6.26 Å². The number of hydrogen-bond donors (Lipinski definition) is 1. The molecule has 1 aromatic carbocycles. The van der Waals surface area contributed by atoms with Crippen LogP contribution in [0.4, 0.5) is 0 Å². The monoisotopic (exact) mass is 381 g/mol. The molecule has 0 fully saturated rings. The Hall–Kier alpha value is -2.93. The lowest BCUT2D eigenvalue weighted by Crippen LogP contribution is -1.97. The van der Waals surface area contributed by atoms with Gasteiger partial charge in [0.15, 0.2) is 9.84 Å². The number of pyridine rings is 1. The lowest BCUT2D eigenvalue weighted by molar-refractivity contribution is 0.393. The second-order valence-corrected chi connectivity index (χ2v) is 8.78. The summed E-state index contributed by atoms with van der Waals surface area (Å²) in [5.41, 5.74) is 6.03. The van der Waals surface area contributed by atoms with Crippen LogP contribution >= 0.6 is 0 Å². The maximum absolute atomic E-state index is 11.7. The molecule has 6 nitrogen and oxygen atoms in total. The van der Waals surface area contributed by atoms with E-state index in [1.54, 1.807) is 24.3 Å². The first-order valence-electron chi connectivity index (χ1n) is 8.48. The summed E-state index contributed by atoms with van der Waals surface area (Å²) in [5, 5.41) is 5.01. The van der Waals surface area contributed by atoms with E-state index in [0.29, 0.717) is 5.76 Å². The highest BCUT2D eigenvalue weighted by atomic mass is 32.2. The Bertz CT molecular complexity index is 1250. The van der Waals surface area contributed by atoms with Crippen LogP contribution in [0.25, 0.3) is 33.4 Å². The van der Waals surface area contributed by atoms with Crippen molar-refractivity contribution in [3.05, 3.63) is 53.5 Å². The summed E-state index contributed by atoms with van der Waals surface area (Å²) in [6.45, 7) is 5.74. The zero-order valence-corrected chi connectivity index (χ0v) is 16.3. The normalized spacial score (nSPS) is 12.0. The predicted molar refractivity (Wildman–Crippen MR) is 104 cm³/mol. The van der Waals surface area contributed by atoms with Gasteiger partial charge in [0, 0.05) is 28.4 Å². The smallest absolute Gasteiger partial charge is 0.175 e. The summed E-state index contributed by atoms with van der Waals surface area (Å²) in [6.07, 6.45) is 1.20. The van der Waals surface area contributed by atoms with Crippen molar-refractivity contribution in [1.82, 2.24) is 15.1 Å². The van der Waals surface area contributed by atoms with Gasteiger partial charge in [-0.2, -0.15) is 0 Å². The second kappa shape index (κ2) is 6.06. The molecule has 27 heavy (non-hydrogen) atoms. The number of rotatable bonds is 3. The molecule has 0 saturated heterocycles. The van der Waals surface area contributed by atoms with E-state index >= 15 is 0 Å². The van der Waals surface area contributed by atoms with Gasteiger partial charge in [0.25, 0.3) is 0 Å². The molecule has 138 valence electrons. The number of aryl methyl sites for hydroxylation is 3. The number of aromatic amines is 1. The van der Waals surface area contributed by atoms with Crippen LogP contribution in [0, 0.1) is 20.8 Å². The number of fused-ring (bicyclic) bond motifs is 1. The fourth-order valence-corrected chi connectivity index (χ4v) is 3.96. The molecule has 0 spiro atoms. The number of H-pyrrole nitrogens is 1. The first-order valence-corrected chi connectivity index (χ1v) is 10.4. The van der Waals surface area contributed by atoms with Crippen molar-refractivity contribution in [3.63, 3.8) is 0 Å². The molecule has 4 rings (SSSR count). The molecule has 0 unspecified atom stereocenters. The topological polar surface area (TPSA) is 88.8 Å². The minimum Gasteiger partial charge on any atom is -0.361 e. The van der Waals surface area contributed by atoms with E-state index in [1.165, 1.54) is 6.26 Å². The van der Waals surface area contributed by atoms with Gasteiger partial charge < -0.3 is 9.51 Å². The van der Waals surface area contributed by atoms with Gasteiger partial charge in [0.05, 0.1) is 27.5 Å². The van der Waals surface area contributed by atoms with Crippen molar-refractivity contribution < 1.29 is 12.9 Å². The third kappa shape index (κ3) is 3.04. The molecule has 0 amide bonds. The van der Waals surface area contributed by atoms with Crippen LogP contribution in [0.1, 0.15) is 17.1 Å². The van der Waals surface area contributed by atoms with Crippen LogP contribution < -0.4 is 0 Å². The van der Waals surface area contributed by atoms with Gasteiger partial charge in [0.1, 0.15) is 5.76 Å². The predicted octanol–water partition coefficient (Wildman–Crippen LogP) is 4.21. The van der Waals surface area contributed by atoms with Gasteiger partial charge in [-0.3, -0.25) is 0 Å². The molecule has 0 aliphatic heterocycles. The van der Waals surface area contributed by atoms with E-state index in [9.17, 15) is 8.42 Å². The van der Waals surface area contributed by atoms with Gasteiger partial charge in [-0.15, -0.1) is 0 Å². The largest absolute Gasteiger partial charge is 0.361 e. The molecule has 3 heterocycles. The summed E-state index contributed by atoms with van der Waals surface area (Å²) < 4.78 is 28.8. The SMILES string of the molecule is Cc1cc2c(-c3ccc(S(C)(=O)=O)cc3)nc(-c3c(C)noc3C)cc2[nH]1. The average Bonchev–Trinajstić information content (AvgIpc) is 3.14. The number of nitrogens with zero attached hydrogens (tertiary/aromatic N) is 2. The molecule has 0 aliphatic rings. The minimum atomic E-state index is -3.24. The molecule has 1 N–H and O–H groups in total. The van der Waals surface area contributed by atoms with Crippen LogP contribution in [0.15, 0.2) is 45.8 Å². The number of hydrogen-bond acceptors (Lipinski definition) is 5. The van der Waals surface area contributed by atoms with Gasteiger partial charge in [-0.25, -0.2) is 13.4 Å². The van der Waals surface area contributed by atoms with Crippen LogP contribution in [0.2, 0.25) is 0 Å². The molecule has 4 aromatic rings. The molecule has 0 radical (unpaired) electrons. The molecule has 7 heteroatoms. The van der Waals surface area contributed by atoms with E-state index in [1.807, 2.05) is 32.9 Å². The van der Waals surface area contributed by atoms with E-state index < -0.39 is 9.84 Å². The third-order valence-electron chi connectivity index (χ3n) is 4.60. The summed E-state index contributed by atoms with van der Waals surface area (Å²) in [5.74, 6) is 0.709. The van der Waals surface area contributed by atoms with Gasteiger partial charge in [-0.05, 0) is 45.0 Å². The van der Waals surface area contributed by atoms with Gasteiger partial charge in [0.2, 0.25) is 0 Å². The van der Waals surface area contributed by atoms with Crippen LogP contribution in [0.5, 0.6) is 0 Å². The Morgan fingerprint density at radius 1 is 1.04 bits per heavy atom. The second-order valence-electron chi connectivity index (χ2n) is 6.77. The third-order valence-corrected chi connectivity index (χ3v) is 5.73. The summed E-state index contributed by atoms with van der Waals surface area (Å²) in [6, 6.07) is 10.8. The number of aromatic nitrogens is 3. The van der Waals surface area contributed by atoms with Crippen molar-refractivity contribution in [2.24, 2.45) is 0 Å². The Morgan fingerprint density at radius 3 is 2.33 bits per heavy atom. The summed E-state index contributed by atoms with van der Waals surface area (Å²) in [7, 11) is -3.24. The summed E-state index contributed by atoms with van der Waals surface area (Å²) >= 11 is 0. The highest BCUT2D eigenvalue weighted by Gasteiger charge is 2.18. The van der Waals surface area contributed by atoms with Crippen LogP contribution in [-0.2, 0) is 9.84 Å². The highest BCUT2D eigenvalue weighted by molar-refractivity contribution is 7.90. The molecule has 0 atom stereocenters. The molecule has 3 aromatic heterocycles. The Morgan fingerprint density at radius 2 is 1.74 bits per heavy atom. The van der Waals surface area contributed by atoms with E-state index in [-0.39, 0.29) is 4.90 Å². The van der Waals surface area contributed by atoms with Crippen molar-refractivity contribution in [3.8, 4) is 22.5 Å². The van der Waals surface area contributed by atoms with Crippen LogP contribution in [0.3, 0.4) is 0 Å².